The Labute approximate surface area is 165 Å². The number of nitrogens with zero attached hydrogens (tertiary/aromatic N) is 1. The summed E-state index contributed by atoms with van der Waals surface area (Å²) in [6.07, 6.45) is 3.86. The summed E-state index contributed by atoms with van der Waals surface area (Å²) in [5, 5.41) is 14.0. The minimum atomic E-state index is -0.814. The zero-order valence-electron chi connectivity index (χ0n) is 16.2. The number of amides is 1. The Morgan fingerprint density at radius 3 is 2.54 bits per heavy atom. The van der Waals surface area contributed by atoms with Gasteiger partial charge in [0.05, 0.1) is 23.2 Å². The summed E-state index contributed by atoms with van der Waals surface area (Å²) in [7, 11) is 1.77. The van der Waals surface area contributed by atoms with Crippen LogP contribution in [-0.4, -0.2) is 30.7 Å². The molecule has 2 aromatic carbocycles. The molecule has 0 radical (unpaired) electrons. The first kappa shape index (κ1) is 19.1. The molecule has 148 valence electrons. The van der Waals surface area contributed by atoms with Gasteiger partial charge < -0.3 is 15.3 Å². The second-order valence-electron chi connectivity index (χ2n) is 7.96. The Morgan fingerprint density at radius 2 is 1.86 bits per heavy atom. The molecule has 1 spiro atoms. The Balaban J connectivity index is 1.87. The van der Waals surface area contributed by atoms with Gasteiger partial charge in [-0.1, -0.05) is 55.7 Å². The number of likely N-dealkylation sites (N-methyl/N-ethyl adjacent to an activating group) is 1. The molecule has 1 heterocycles. The normalized spacial score (nSPS) is 20.2. The number of carbonyl (C=O) groups excluding carboxylic acids is 1. The van der Waals surface area contributed by atoms with Crippen molar-refractivity contribution in [3.8, 4) is 0 Å². The zero-order valence-corrected chi connectivity index (χ0v) is 16.2. The van der Waals surface area contributed by atoms with Crippen molar-refractivity contribution in [2.24, 2.45) is 0 Å². The number of aliphatic hydroxyl groups is 1. The summed E-state index contributed by atoms with van der Waals surface area (Å²) in [6.45, 7) is 0.334. The highest BCUT2D eigenvalue weighted by molar-refractivity contribution is 6.08. The van der Waals surface area contributed by atoms with Gasteiger partial charge in [0.2, 0.25) is 5.91 Å². The summed E-state index contributed by atoms with van der Waals surface area (Å²) < 4.78 is 14.2. The summed E-state index contributed by atoms with van der Waals surface area (Å²) in [4.78, 5) is 15.5. The molecule has 4 rings (SSSR count). The van der Waals surface area contributed by atoms with Crippen molar-refractivity contribution in [3.05, 3.63) is 65.5 Å². The molecule has 1 aliphatic carbocycles. The highest BCUT2D eigenvalue weighted by Gasteiger charge is 2.53. The molecule has 0 saturated heterocycles. The standard InChI is InChI=1S/C23H27FN2O2/c1-25-15-20(27)21(16-8-4-2-5-9-16)26-19-14-17(24)10-11-18(19)23(22(26)28)12-6-3-7-13-23/h2,4-5,8-11,14,20-21,25,27H,3,6-7,12-13,15H2,1H3/t20-,21+/m1/s1. The third-order valence-electron chi connectivity index (χ3n) is 6.27. The van der Waals surface area contributed by atoms with Gasteiger partial charge in [0.15, 0.2) is 0 Å². The van der Waals surface area contributed by atoms with E-state index < -0.39 is 17.6 Å². The van der Waals surface area contributed by atoms with Crippen LogP contribution in [-0.2, 0) is 10.2 Å². The number of halogens is 1. The number of fused-ring (bicyclic) bond motifs is 2. The van der Waals surface area contributed by atoms with Gasteiger partial charge in [-0.25, -0.2) is 4.39 Å². The van der Waals surface area contributed by atoms with Gasteiger partial charge in [-0.05, 0) is 43.1 Å². The summed E-state index contributed by atoms with van der Waals surface area (Å²) in [5.74, 6) is -0.365. The maximum Gasteiger partial charge on any atom is 0.238 e. The molecular formula is C23H27FN2O2. The average Bonchev–Trinajstić information content (AvgIpc) is 2.92. The maximum absolute atomic E-state index is 14.2. The molecule has 28 heavy (non-hydrogen) atoms. The molecule has 2 aliphatic rings. The molecule has 5 heteroatoms. The predicted octanol–water partition coefficient (Wildman–Crippen LogP) is 3.70. The van der Waals surface area contributed by atoms with Crippen LogP contribution in [0, 0.1) is 5.82 Å². The number of nitrogens with one attached hydrogen (secondary N) is 1. The first-order valence-electron chi connectivity index (χ1n) is 10.1. The fraction of sp³-hybridized carbons (Fsp3) is 0.435. The van der Waals surface area contributed by atoms with E-state index in [0.29, 0.717) is 12.2 Å². The van der Waals surface area contributed by atoms with Gasteiger partial charge >= 0.3 is 0 Å². The Kier molecular flexibility index (Phi) is 5.21. The third-order valence-corrected chi connectivity index (χ3v) is 6.27. The number of hydrogen-bond donors (Lipinski definition) is 2. The number of carbonyl (C=O) groups is 1. The highest BCUT2D eigenvalue weighted by atomic mass is 19.1. The van der Waals surface area contributed by atoms with E-state index in [1.54, 1.807) is 18.0 Å². The lowest BCUT2D eigenvalue weighted by Crippen LogP contribution is -2.47. The van der Waals surface area contributed by atoms with Gasteiger partial charge in [0, 0.05) is 6.54 Å². The monoisotopic (exact) mass is 382 g/mol. The second-order valence-corrected chi connectivity index (χ2v) is 7.96. The first-order valence-corrected chi connectivity index (χ1v) is 10.1. The third kappa shape index (κ3) is 3.03. The molecule has 2 N–H and O–H groups in total. The van der Waals surface area contributed by atoms with Crippen molar-refractivity contribution in [1.82, 2.24) is 5.32 Å². The van der Waals surface area contributed by atoms with E-state index in [1.165, 1.54) is 12.1 Å². The van der Waals surface area contributed by atoms with Crippen LogP contribution < -0.4 is 10.2 Å². The van der Waals surface area contributed by atoms with Crippen molar-refractivity contribution in [3.63, 3.8) is 0 Å². The largest absolute Gasteiger partial charge is 0.389 e. The summed E-state index contributed by atoms with van der Waals surface area (Å²) in [5.41, 5.74) is 1.78. The lowest BCUT2D eigenvalue weighted by molar-refractivity contribution is -0.125. The van der Waals surface area contributed by atoms with Gasteiger partial charge in [-0.15, -0.1) is 0 Å². The molecule has 0 aromatic heterocycles. The molecule has 2 atom stereocenters. The topological polar surface area (TPSA) is 52.6 Å². The SMILES string of the molecule is CNC[C@@H](O)[C@H](c1ccccc1)N1C(=O)C2(CCCCC2)c2ccc(F)cc21. The fourth-order valence-electron chi connectivity index (χ4n) is 4.99. The number of benzene rings is 2. The Hall–Kier alpha value is -2.24. The molecular weight excluding hydrogens is 355 g/mol. The van der Waals surface area contributed by atoms with Crippen molar-refractivity contribution in [2.45, 2.75) is 49.7 Å². The molecule has 0 unspecified atom stereocenters. The van der Waals surface area contributed by atoms with Crippen LogP contribution in [0.1, 0.15) is 49.3 Å². The van der Waals surface area contributed by atoms with Crippen molar-refractivity contribution in [1.29, 1.82) is 0 Å². The molecule has 1 saturated carbocycles. The van der Waals surface area contributed by atoms with E-state index >= 15 is 0 Å². The molecule has 1 fully saturated rings. The van der Waals surface area contributed by atoms with Crippen molar-refractivity contribution >= 4 is 11.6 Å². The smallest absolute Gasteiger partial charge is 0.238 e. The second kappa shape index (κ2) is 7.64. The molecule has 1 amide bonds. The van der Waals surface area contributed by atoms with Crippen LogP contribution >= 0.6 is 0 Å². The van der Waals surface area contributed by atoms with E-state index in [9.17, 15) is 14.3 Å². The maximum atomic E-state index is 14.2. The molecule has 0 bridgehead atoms. The van der Waals surface area contributed by atoms with Gasteiger partial charge in [0.1, 0.15) is 5.82 Å². The lowest BCUT2D eigenvalue weighted by atomic mass is 9.70. The van der Waals surface area contributed by atoms with E-state index in [-0.39, 0.29) is 11.7 Å². The van der Waals surface area contributed by atoms with Crippen LogP contribution in [0.3, 0.4) is 0 Å². The number of aliphatic hydroxyl groups excluding tert-OH is 1. The van der Waals surface area contributed by atoms with Crippen LogP contribution in [0.25, 0.3) is 0 Å². The fourth-order valence-corrected chi connectivity index (χ4v) is 4.99. The van der Waals surface area contributed by atoms with E-state index in [4.69, 9.17) is 0 Å². The Morgan fingerprint density at radius 1 is 1.14 bits per heavy atom. The van der Waals surface area contributed by atoms with Gasteiger partial charge in [-0.3, -0.25) is 4.79 Å². The quantitative estimate of drug-likeness (QED) is 0.829. The number of anilines is 1. The van der Waals surface area contributed by atoms with E-state index in [1.807, 2.05) is 30.3 Å². The van der Waals surface area contributed by atoms with E-state index in [2.05, 4.69) is 5.32 Å². The van der Waals surface area contributed by atoms with Crippen LogP contribution in [0.4, 0.5) is 10.1 Å². The minimum Gasteiger partial charge on any atom is -0.389 e. The summed E-state index contributed by atoms with van der Waals surface area (Å²) >= 11 is 0. The highest BCUT2D eigenvalue weighted by Crippen LogP contribution is 2.52. The van der Waals surface area contributed by atoms with Crippen LogP contribution in [0.5, 0.6) is 0 Å². The first-order chi connectivity index (χ1) is 13.6. The molecule has 2 aromatic rings. The van der Waals surface area contributed by atoms with E-state index in [0.717, 1.165) is 43.2 Å². The summed E-state index contributed by atoms with van der Waals surface area (Å²) in [6, 6.07) is 13.7. The van der Waals surface area contributed by atoms with Crippen LogP contribution in [0.15, 0.2) is 48.5 Å². The zero-order chi connectivity index (χ0) is 19.7. The van der Waals surface area contributed by atoms with Crippen LogP contribution in [0.2, 0.25) is 0 Å². The Bertz CT molecular complexity index is 849. The molecule has 1 aliphatic heterocycles. The van der Waals surface area contributed by atoms with Crippen molar-refractivity contribution in [2.75, 3.05) is 18.5 Å². The molecule has 4 nitrogen and oxygen atoms in total. The lowest BCUT2D eigenvalue weighted by Gasteiger charge is -2.36. The van der Waals surface area contributed by atoms with Crippen molar-refractivity contribution < 1.29 is 14.3 Å². The van der Waals surface area contributed by atoms with Gasteiger partial charge in [0.25, 0.3) is 0 Å². The van der Waals surface area contributed by atoms with Gasteiger partial charge in [-0.2, -0.15) is 0 Å². The number of rotatable bonds is 5. The average molecular weight is 382 g/mol. The minimum absolute atomic E-state index is 0.00296. The predicted molar refractivity (Wildman–Crippen MR) is 108 cm³/mol. The number of hydrogen-bond acceptors (Lipinski definition) is 3.